The Balaban J connectivity index is 2.25. The fraction of sp³-hybridized carbons (Fsp3) is 0.214. The van der Waals surface area contributed by atoms with Crippen LogP contribution in [0.5, 0.6) is 0 Å². The van der Waals surface area contributed by atoms with Gasteiger partial charge in [-0.25, -0.2) is 9.78 Å². The molecule has 2 aromatic rings. The molecule has 1 aromatic carbocycles. The van der Waals surface area contributed by atoms with Gasteiger partial charge in [-0.15, -0.1) is 0 Å². The molecule has 0 fully saturated rings. The number of benzene rings is 1. The number of H-pyrrole nitrogens is 1. The summed E-state index contributed by atoms with van der Waals surface area (Å²) in [7, 11) is 0. The zero-order valence-electron chi connectivity index (χ0n) is 11.1. The first-order valence-electron chi connectivity index (χ1n) is 6.08. The van der Waals surface area contributed by atoms with Gasteiger partial charge in [0.1, 0.15) is 10.9 Å². The highest BCUT2D eigenvalue weighted by Gasteiger charge is 2.07. The van der Waals surface area contributed by atoms with Crippen molar-refractivity contribution in [3.63, 3.8) is 0 Å². The summed E-state index contributed by atoms with van der Waals surface area (Å²) in [6.45, 7) is 3.91. The molecule has 0 saturated carbocycles. The van der Waals surface area contributed by atoms with Crippen LogP contribution in [-0.4, -0.2) is 21.0 Å². The van der Waals surface area contributed by atoms with Crippen molar-refractivity contribution in [1.29, 1.82) is 0 Å². The molecule has 0 spiro atoms. The van der Waals surface area contributed by atoms with Gasteiger partial charge in [0.25, 0.3) is 5.56 Å². The van der Waals surface area contributed by atoms with Crippen molar-refractivity contribution in [3.8, 4) is 0 Å². The lowest BCUT2D eigenvalue weighted by molar-refractivity contribution is 0.0697. The maximum Gasteiger partial charge on any atom is 0.335 e. The summed E-state index contributed by atoms with van der Waals surface area (Å²) < 4.78 is 0. The van der Waals surface area contributed by atoms with Crippen LogP contribution in [0.2, 0.25) is 0 Å². The molecule has 0 saturated heterocycles. The quantitative estimate of drug-likeness (QED) is 0.846. The Labute approximate surface area is 120 Å². The Morgan fingerprint density at radius 1 is 1.30 bits per heavy atom. The van der Waals surface area contributed by atoms with Crippen molar-refractivity contribution in [3.05, 3.63) is 52.1 Å². The number of aromatic amines is 1. The van der Waals surface area contributed by atoms with Gasteiger partial charge >= 0.3 is 5.97 Å². The Morgan fingerprint density at radius 3 is 2.50 bits per heavy atom. The molecule has 0 unspecified atom stereocenters. The lowest BCUT2D eigenvalue weighted by Crippen LogP contribution is -2.11. The van der Waals surface area contributed by atoms with E-state index in [0.717, 1.165) is 4.90 Å². The van der Waals surface area contributed by atoms with Gasteiger partial charge in [-0.1, -0.05) is 25.6 Å². The van der Waals surface area contributed by atoms with Crippen molar-refractivity contribution in [2.24, 2.45) is 0 Å². The van der Waals surface area contributed by atoms with Crippen LogP contribution < -0.4 is 5.56 Å². The zero-order chi connectivity index (χ0) is 14.7. The van der Waals surface area contributed by atoms with E-state index in [1.165, 1.54) is 30.0 Å². The van der Waals surface area contributed by atoms with E-state index < -0.39 is 5.97 Å². The largest absolute Gasteiger partial charge is 0.478 e. The van der Waals surface area contributed by atoms with Crippen molar-refractivity contribution < 1.29 is 9.90 Å². The van der Waals surface area contributed by atoms with Gasteiger partial charge in [0.2, 0.25) is 0 Å². The average molecular weight is 290 g/mol. The minimum Gasteiger partial charge on any atom is -0.478 e. The Morgan fingerprint density at radius 2 is 1.95 bits per heavy atom. The van der Waals surface area contributed by atoms with Crippen LogP contribution in [0.1, 0.15) is 35.9 Å². The van der Waals surface area contributed by atoms with Gasteiger partial charge < -0.3 is 10.1 Å². The Kier molecular flexibility index (Phi) is 4.24. The highest BCUT2D eigenvalue weighted by atomic mass is 32.2. The fourth-order valence-corrected chi connectivity index (χ4v) is 2.39. The number of hydrogen-bond acceptors (Lipinski definition) is 4. The molecule has 0 aliphatic heterocycles. The second kappa shape index (κ2) is 5.92. The Hall–Kier alpha value is -2.08. The van der Waals surface area contributed by atoms with Gasteiger partial charge in [0, 0.05) is 16.9 Å². The third kappa shape index (κ3) is 3.48. The van der Waals surface area contributed by atoms with Crippen LogP contribution in [0.25, 0.3) is 0 Å². The maximum atomic E-state index is 11.6. The number of carboxylic acids is 1. The molecule has 0 bridgehead atoms. The molecule has 0 amide bonds. The first-order chi connectivity index (χ1) is 9.45. The molecule has 2 N–H and O–H groups in total. The van der Waals surface area contributed by atoms with Gasteiger partial charge in [0.05, 0.1) is 5.56 Å². The number of hydrogen-bond donors (Lipinski definition) is 2. The van der Waals surface area contributed by atoms with Gasteiger partial charge in [-0.2, -0.15) is 0 Å². The van der Waals surface area contributed by atoms with E-state index in [1.807, 2.05) is 13.8 Å². The molecule has 1 aromatic heterocycles. The Bertz CT molecular complexity index is 678. The number of aromatic nitrogens is 2. The molecule has 104 valence electrons. The van der Waals surface area contributed by atoms with Crippen LogP contribution in [0.3, 0.4) is 0 Å². The number of nitrogens with one attached hydrogen (secondary N) is 1. The minimum absolute atomic E-state index is 0.137. The van der Waals surface area contributed by atoms with Gasteiger partial charge in [0.15, 0.2) is 0 Å². The summed E-state index contributed by atoms with van der Waals surface area (Å²) in [4.78, 5) is 30.2. The summed E-state index contributed by atoms with van der Waals surface area (Å²) >= 11 is 1.33. The average Bonchev–Trinajstić information content (AvgIpc) is 2.38. The molecule has 0 atom stereocenters. The monoisotopic (exact) mass is 290 g/mol. The van der Waals surface area contributed by atoms with E-state index in [4.69, 9.17) is 5.11 Å². The van der Waals surface area contributed by atoms with Gasteiger partial charge in [-0.3, -0.25) is 4.79 Å². The van der Waals surface area contributed by atoms with Crippen LogP contribution >= 0.6 is 11.8 Å². The molecular formula is C14H14N2O3S. The standard InChI is InChI=1S/C14H14N2O3S/c1-8(2)13-15-11(17)7-12(16-13)20-10-5-3-9(4-6-10)14(18)19/h3-8H,1-2H3,(H,18,19)(H,15,16,17). The molecular weight excluding hydrogens is 276 g/mol. The highest BCUT2D eigenvalue weighted by Crippen LogP contribution is 2.26. The summed E-state index contributed by atoms with van der Waals surface area (Å²) in [5.74, 6) is -0.183. The van der Waals surface area contributed by atoms with Crippen LogP contribution in [0.4, 0.5) is 0 Å². The summed E-state index contributed by atoms with van der Waals surface area (Å²) in [6, 6.07) is 7.89. The van der Waals surface area contributed by atoms with Crippen molar-refractivity contribution >= 4 is 17.7 Å². The van der Waals surface area contributed by atoms with E-state index in [9.17, 15) is 9.59 Å². The highest BCUT2D eigenvalue weighted by molar-refractivity contribution is 7.99. The predicted molar refractivity (Wildman–Crippen MR) is 76.5 cm³/mol. The molecule has 2 rings (SSSR count). The van der Waals surface area contributed by atoms with Crippen molar-refractivity contribution in [2.75, 3.05) is 0 Å². The zero-order valence-corrected chi connectivity index (χ0v) is 11.9. The summed E-state index contributed by atoms with van der Waals surface area (Å²) in [5, 5.41) is 9.43. The number of carboxylic acid groups (broad SMARTS) is 1. The second-order valence-electron chi connectivity index (χ2n) is 4.56. The first-order valence-corrected chi connectivity index (χ1v) is 6.90. The van der Waals surface area contributed by atoms with Crippen LogP contribution in [-0.2, 0) is 0 Å². The topological polar surface area (TPSA) is 83.0 Å². The van der Waals surface area contributed by atoms with E-state index in [-0.39, 0.29) is 17.0 Å². The summed E-state index contributed by atoms with van der Waals surface area (Å²) in [5.41, 5.74) is 0.0458. The third-order valence-electron chi connectivity index (χ3n) is 2.61. The number of rotatable bonds is 4. The van der Waals surface area contributed by atoms with E-state index in [0.29, 0.717) is 10.9 Å². The molecule has 6 heteroatoms. The van der Waals surface area contributed by atoms with E-state index in [1.54, 1.807) is 12.1 Å². The van der Waals surface area contributed by atoms with E-state index >= 15 is 0 Å². The van der Waals surface area contributed by atoms with Crippen LogP contribution in [0.15, 0.2) is 45.0 Å². The smallest absolute Gasteiger partial charge is 0.335 e. The number of nitrogens with zero attached hydrogens (tertiary/aromatic N) is 1. The van der Waals surface area contributed by atoms with Gasteiger partial charge in [-0.05, 0) is 24.3 Å². The first kappa shape index (κ1) is 14.3. The van der Waals surface area contributed by atoms with Crippen LogP contribution in [0, 0.1) is 0 Å². The maximum absolute atomic E-state index is 11.6. The van der Waals surface area contributed by atoms with Crippen molar-refractivity contribution in [2.45, 2.75) is 29.7 Å². The van der Waals surface area contributed by atoms with Crippen molar-refractivity contribution in [1.82, 2.24) is 9.97 Å². The lowest BCUT2D eigenvalue weighted by Gasteiger charge is -2.06. The second-order valence-corrected chi connectivity index (χ2v) is 5.65. The number of carbonyl (C=O) groups is 1. The molecule has 0 radical (unpaired) electrons. The van der Waals surface area contributed by atoms with E-state index in [2.05, 4.69) is 9.97 Å². The summed E-state index contributed by atoms with van der Waals surface area (Å²) in [6.07, 6.45) is 0. The number of aromatic carboxylic acids is 1. The predicted octanol–water partition coefficient (Wildman–Crippen LogP) is 2.74. The molecule has 0 aliphatic carbocycles. The lowest BCUT2D eigenvalue weighted by atomic mass is 10.2. The SMILES string of the molecule is CC(C)c1nc(Sc2ccc(C(=O)O)cc2)cc(=O)[nH]1. The molecule has 5 nitrogen and oxygen atoms in total. The normalized spacial score (nSPS) is 10.8. The minimum atomic E-state index is -0.960. The fourth-order valence-electron chi connectivity index (χ4n) is 1.57. The third-order valence-corrected chi connectivity index (χ3v) is 3.53. The molecule has 0 aliphatic rings. The molecule has 1 heterocycles. The molecule has 20 heavy (non-hydrogen) atoms.